The smallest absolute Gasteiger partial charge is 0.237 e. The Balaban J connectivity index is 0.00000121. The van der Waals surface area contributed by atoms with Gasteiger partial charge in [-0.2, -0.15) is 0 Å². The maximum atomic E-state index is 12.1. The van der Waals surface area contributed by atoms with Gasteiger partial charge in [0.2, 0.25) is 5.91 Å². The molecule has 0 aliphatic carbocycles. The summed E-state index contributed by atoms with van der Waals surface area (Å²) >= 11 is 0. The number of hydrogen-bond acceptors (Lipinski definition) is 4. The van der Waals surface area contributed by atoms with Crippen molar-refractivity contribution >= 4 is 30.7 Å². The first kappa shape index (κ1) is 19.2. The van der Waals surface area contributed by atoms with Crippen LogP contribution in [0.5, 0.6) is 0 Å². The number of fused-ring (bicyclic) bond motifs is 1. The molecular formula is C14H25Cl2N5O. The first-order valence-corrected chi connectivity index (χ1v) is 7.76. The summed E-state index contributed by atoms with van der Waals surface area (Å²) in [7, 11) is 0. The van der Waals surface area contributed by atoms with Crippen LogP contribution < -0.4 is 10.6 Å². The van der Waals surface area contributed by atoms with E-state index in [9.17, 15) is 4.79 Å². The van der Waals surface area contributed by atoms with E-state index in [1.165, 1.54) is 25.7 Å². The molecule has 22 heavy (non-hydrogen) atoms. The van der Waals surface area contributed by atoms with Crippen LogP contribution in [0.1, 0.15) is 50.2 Å². The van der Waals surface area contributed by atoms with Gasteiger partial charge in [0.15, 0.2) is 5.82 Å². The van der Waals surface area contributed by atoms with Crippen LogP contribution in [0, 0.1) is 0 Å². The summed E-state index contributed by atoms with van der Waals surface area (Å²) in [6.45, 7) is 2.41. The Morgan fingerprint density at radius 2 is 2.05 bits per heavy atom. The molecule has 1 unspecified atom stereocenters. The van der Waals surface area contributed by atoms with E-state index in [-0.39, 0.29) is 36.8 Å². The molecule has 1 fully saturated rings. The van der Waals surface area contributed by atoms with Crippen LogP contribution in [0.25, 0.3) is 0 Å². The highest BCUT2D eigenvalue weighted by Crippen LogP contribution is 2.14. The Bertz CT molecular complexity index is 474. The highest BCUT2D eigenvalue weighted by molar-refractivity contribution is 5.85. The van der Waals surface area contributed by atoms with Crippen LogP contribution >= 0.6 is 24.8 Å². The van der Waals surface area contributed by atoms with Crippen molar-refractivity contribution in [2.45, 2.75) is 64.1 Å². The van der Waals surface area contributed by atoms with E-state index < -0.39 is 0 Å². The molecule has 0 radical (unpaired) electrons. The summed E-state index contributed by atoms with van der Waals surface area (Å²) in [5.74, 6) is 2.06. The lowest BCUT2D eigenvalue weighted by Crippen LogP contribution is -2.46. The maximum Gasteiger partial charge on any atom is 0.237 e. The Labute approximate surface area is 143 Å². The normalized spacial score (nSPS) is 20.8. The SMILES string of the molecule is Cl.Cl.O=C(NCc1nnc2n1CCCCC2)C1CCCCN1. The van der Waals surface area contributed by atoms with Gasteiger partial charge in [-0.15, -0.1) is 35.0 Å². The molecule has 8 heteroatoms. The zero-order valence-electron chi connectivity index (χ0n) is 12.7. The summed E-state index contributed by atoms with van der Waals surface area (Å²) in [5.41, 5.74) is 0. The van der Waals surface area contributed by atoms with Gasteiger partial charge in [-0.05, 0) is 32.2 Å². The largest absolute Gasteiger partial charge is 0.347 e. The van der Waals surface area contributed by atoms with Gasteiger partial charge < -0.3 is 15.2 Å². The summed E-state index contributed by atoms with van der Waals surface area (Å²) in [5, 5.41) is 14.8. The number of rotatable bonds is 3. The lowest BCUT2D eigenvalue weighted by Gasteiger charge is -2.22. The number of halogens is 2. The van der Waals surface area contributed by atoms with Crippen LogP contribution in [0.2, 0.25) is 0 Å². The van der Waals surface area contributed by atoms with E-state index in [0.29, 0.717) is 6.54 Å². The number of hydrogen-bond donors (Lipinski definition) is 2. The molecule has 3 rings (SSSR count). The monoisotopic (exact) mass is 349 g/mol. The number of carbonyl (C=O) groups is 1. The number of amides is 1. The van der Waals surface area contributed by atoms with Crippen molar-refractivity contribution < 1.29 is 4.79 Å². The predicted molar refractivity (Wildman–Crippen MR) is 89.6 cm³/mol. The molecule has 3 heterocycles. The number of aryl methyl sites for hydroxylation is 1. The van der Waals surface area contributed by atoms with Crippen LogP contribution in [0.4, 0.5) is 0 Å². The summed E-state index contributed by atoms with van der Waals surface area (Å²) in [6.07, 6.45) is 7.86. The van der Waals surface area contributed by atoms with Gasteiger partial charge in [-0.25, -0.2) is 0 Å². The van der Waals surface area contributed by atoms with Crippen molar-refractivity contribution in [3.8, 4) is 0 Å². The van der Waals surface area contributed by atoms with Crippen LogP contribution in [0.15, 0.2) is 0 Å². The minimum absolute atomic E-state index is 0. The number of carbonyl (C=O) groups excluding carboxylic acids is 1. The van der Waals surface area contributed by atoms with Crippen molar-refractivity contribution in [1.29, 1.82) is 0 Å². The van der Waals surface area contributed by atoms with Gasteiger partial charge in [-0.1, -0.05) is 12.8 Å². The van der Waals surface area contributed by atoms with E-state index in [2.05, 4.69) is 25.4 Å². The third-order valence-corrected chi connectivity index (χ3v) is 4.23. The average molecular weight is 350 g/mol. The fourth-order valence-corrected chi connectivity index (χ4v) is 3.04. The molecular weight excluding hydrogens is 325 g/mol. The van der Waals surface area contributed by atoms with Gasteiger partial charge >= 0.3 is 0 Å². The van der Waals surface area contributed by atoms with Crippen molar-refractivity contribution in [2.24, 2.45) is 0 Å². The van der Waals surface area contributed by atoms with Gasteiger partial charge in [0.1, 0.15) is 5.82 Å². The molecule has 0 saturated carbocycles. The van der Waals surface area contributed by atoms with E-state index in [1.807, 2.05) is 0 Å². The summed E-state index contributed by atoms with van der Waals surface area (Å²) in [6, 6.07) is -0.0322. The molecule has 1 aromatic rings. The Morgan fingerprint density at radius 3 is 2.82 bits per heavy atom. The van der Waals surface area contributed by atoms with Crippen molar-refractivity contribution in [1.82, 2.24) is 25.4 Å². The zero-order valence-corrected chi connectivity index (χ0v) is 14.3. The topological polar surface area (TPSA) is 71.8 Å². The van der Waals surface area contributed by atoms with Crippen molar-refractivity contribution in [2.75, 3.05) is 6.54 Å². The van der Waals surface area contributed by atoms with Gasteiger partial charge in [-0.3, -0.25) is 4.79 Å². The molecule has 1 aromatic heterocycles. The molecule has 2 aliphatic heterocycles. The first-order chi connectivity index (χ1) is 9.84. The maximum absolute atomic E-state index is 12.1. The van der Waals surface area contributed by atoms with Crippen molar-refractivity contribution in [3.05, 3.63) is 11.6 Å². The minimum Gasteiger partial charge on any atom is -0.347 e. The second-order valence-corrected chi connectivity index (χ2v) is 5.72. The molecule has 1 atom stereocenters. The fourth-order valence-electron chi connectivity index (χ4n) is 3.04. The molecule has 126 valence electrons. The third kappa shape index (κ3) is 4.57. The molecule has 2 aliphatic rings. The number of nitrogens with one attached hydrogen (secondary N) is 2. The van der Waals surface area contributed by atoms with E-state index in [4.69, 9.17) is 0 Å². The zero-order chi connectivity index (χ0) is 13.8. The number of nitrogens with zero attached hydrogens (tertiary/aromatic N) is 3. The lowest BCUT2D eigenvalue weighted by atomic mass is 10.0. The van der Waals surface area contributed by atoms with Gasteiger partial charge in [0.25, 0.3) is 0 Å². The van der Waals surface area contributed by atoms with E-state index in [1.54, 1.807) is 0 Å². The molecule has 1 amide bonds. The number of piperidine rings is 1. The Hall–Kier alpha value is -0.850. The van der Waals surface area contributed by atoms with Crippen LogP contribution in [0.3, 0.4) is 0 Å². The quantitative estimate of drug-likeness (QED) is 0.869. The van der Waals surface area contributed by atoms with Crippen LogP contribution in [-0.4, -0.2) is 33.3 Å². The van der Waals surface area contributed by atoms with Crippen molar-refractivity contribution in [3.63, 3.8) is 0 Å². The average Bonchev–Trinajstić information content (AvgIpc) is 2.72. The van der Waals surface area contributed by atoms with Gasteiger partial charge in [0, 0.05) is 13.0 Å². The lowest BCUT2D eigenvalue weighted by molar-refractivity contribution is -0.123. The highest BCUT2D eigenvalue weighted by Gasteiger charge is 2.21. The van der Waals surface area contributed by atoms with E-state index in [0.717, 1.165) is 44.0 Å². The second kappa shape index (κ2) is 9.33. The predicted octanol–water partition coefficient (Wildman–Crippen LogP) is 1.61. The first-order valence-electron chi connectivity index (χ1n) is 7.76. The molecule has 0 aromatic carbocycles. The number of aromatic nitrogens is 3. The summed E-state index contributed by atoms with van der Waals surface area (Å²) in [4.78, 5) is 12.1. The molecule has 2 N–H and O–H groups in total. The standard InChI is InChI=1S/C14H23N5O.2ClH/c20-14(11-6-3-4-8-15-11)16-10-13-18-17-12-7-2-1-5-9-19(12)13;;/h11,15H,1-10H2,(H,16,20);2*1H. The highest BCUT2D eigenvalue weighted by atomic mass is 35.5. The third-order valence-electron chi connectivity index (χ3n) is 4.23. The minimum atomic E-state index is -0.0322. The Kier molecular flexibility index (Phi) is 8.14. The van der Waals surface area contributed by atoms with Gasteiger partial charge in [0.05, 0.1) is 12.6 Å². The Morgan fingerprint density at radius 1 is 1.18 bits per heavy atom. The summed E-state index contributed by atoms with van der Waals surface area (Å²) < 4.78 is 2.18. The molecule has 0 spiro atoms. The fraction of sp³-hybridized carbons (Fsp3) is 0.786. The molecule has 0 bridgehead atoms. The van der Waals surface area contributed by atoms with E-state index >= 15 is 0 Å². The molecule has 6 nitrogen and oxygen atoms in total. The van der Waals surface area contributed by atoms with Crippen LogP contribution in [-0.2, 0) is 24.3 Å². The second-order valence-electron chi connectivity index (χ2n) is 5.72. The molecule has 1 saturated heterocycles.